The van der Waals surface area contributed by atoms with E-state index in [1.807, 2.05) is 13.8 Å². The Labute approximate surface area is 124 Å². The second-order valence-corrected chi connectivity index (χ2v) is 6.67. The number of hydrogen-bond acceptors (Lipinski definition) is 5. The Bertz CT molecular complexity index is 448. The molecule has 112 valence electrons. The maximum absolute atomic E-state index is 12.0. The Morgan fingerprint density at radius 3 is 2.90 bits per heavy atom. The first-order valence-corrected chi connectivity index (χ1v) is 8.26. The molecular weight excluding hydrogens is 274 g/mol. The molecule has 6 nitrogen and oxygen atoms in total. The van der Waals surface area contributed by atoms with Crippen molar-refractivity contribution in [3.63, 3.8) is 0 Å². The standard InChI is InChI=1S/C13H23N5OS/c1-9(2)18-13(15-16-17-18)20-8-12(19)14-11-7-5-4-6-10(11)3/h9-11H,4-8H2,1-3H3,(H,14,19). The van der Waals surface area contributed by atoms with Gasteiger partial charge in [0, 0.05) is 6.04 Å². The van der Waals surface area contributed by atoms with E-state index in [0.717, 1.165) is 6.42 Å². The third-order valence-corrected chi connectivity index (χ3v) is 4.68. The quantitative estimate of drug-likeness (QED) is 0.842. The first-order valence-electron chi connectivity index (χ1n) is 7.28. The van der Waals surface area contributed by atoms with Gasteiger partial charge in [-0.15, -0.1) is 5.10 Å². The van der Waals surface area contributed by atoms with Gasteiger partial charge in [-0.2, -0.15) is 0 Å². The summed E-state index contributed by atoms with van der Waals surface area (Å²) in [7, 11) is 0. The third-order valence-electron chi connectivity index (χ3n) is 3.74. The summed E-state index contributed by atoms with van der Waals surface area (Å²) >= 11 is 1.39. The molecule has 0 bridgehead atoms. The first kappa shape index (κ1) is 15.3. The Morgan fingerprint density at radius 1 is 1.45 bits per heavy atom. The van der Waals surface area contributed by atoms with Crippen molar-refractivity contribution in [2.45, 2.75) is 63.7 Å². The molecular formula is C13H23N5OS. The van der Waals surface area contributed by atoms with Crippen LogP contribution in [0, 0.1) is 5.92 Å². The summed E-state index contributed by atoms with van der Waals surface area (Å²) in [4.78, 5) is 12.0. The van der Waals surface area contributed by atoms with Crippen LogP contribution in [-0.4, -0.2) is 37.9 Å². The molecule has 1 N–H and O–H groups in total. The first-order chi connectivity index (χ1) is 9.58. The fraction of sp³-hybridized carbons (Fsp3) is 0.846. The molecule has 1 aromatic heterocycles. The highest BCUT2D eigenvalue weighted by Crippen LogP contribution is 2.24. The van der Waals surface area contributed by atoms with Crippen molar-refractivity contribution < 1.29 is 4.79 Å². The SMILES string of the molecule is CC1CCCCC1NC(=O)CSc1nnnn1C(C)C. The molecule has 7 heteroatoms. The van der Waals surface area contributed by atoms with Gasteiger partial charge in [-0.25, -0.2) is 4.68 Å². The van der Waals surface area contributed by atoms with E-state index >= 15 is 0 Å². The molecule has 0 spiro atoms. The van der Waals surface area contributed by atoms with Gasteiger partial charge in [0.25, 0.3) is 0 Å². The van der Waals surface area contributed by atoms with E-state index in [-0.39, 0.29) is 11.9 Å². The zero-order valence-corrected chi connectivity index (χ0v) is 13.2. The molecule has 1 saturated carbocycles. The molecule has 1 amide bonds. The van der Waals surface area contributed by atoms with Crippen molar-refractivity contribution >= 4 is 17.7 Å². The third kappa shape index (κ3) is 3.94. The summed E-state index contributed by atoms with van der Waals surface area (Å²) in [5.41, 5.74) is 0. The molecule has 1 aromatic rings. The summed E-state index contributed by atoms with van der Waals surface area (Å²) in [6.07, 6.45) is 4.81. The predicted octanol–water partition coefficient (Wildman–Crippen LogP) is 2.04. The lowest BCUT2D eigenvalue weighted by Crippen LogP contribution is -2.41. The van der Waals surface area contributed by atoms with Crippen LogP contribution in [0.1, 0.15) is 52.5 Å². The molecule has 1 aliphatic rings. The molecule has 2 atom stereocenters. The van der Waals surface area contributed by atoms with E-state index in [9.17, 15) is 4.79 Å². The predicted molar refractivity (Wildman–Crippen MR) is 78.5 cm³/mol. The van der Waals surface area contributed by atoms with Gasteiger partial charge in [0.05, 0.1) is 11.8 Å². The number of carbonyl (C=O) groups excluding carboxylic acids is 1. The average Bonchev–Trinajstić information content (AvgIpc) is 2.88. The summed E-state index contributed by atoms with van der Waals surface area (Å²) in [6.45, 7) is 6.25. The number of hydrogen-bond donors (Lipinski definition) is 1. The second kappa shape index (κ2) is 7.06. The highest BCUT2D eigenvalue weighted by atomic mass is 32.2. The van der Waals surface area contributed by atoms with Gasteiger partial charge in [0.15, 0.2) is 0 Å². The normalized spacial score (nSPS) is 23.0. The Morgan fingerprint density at radius 2 is 2.20 bits per heavy atom. The van der Waals surface area contributed by atoms with Crippen molar-refractivity contribution in [1.29, 1.82) is 0 Å². The van der Waals surface area contributed by atoms with Crippen LogP contribution < -0.4 is 5.32 Å². The number of thioether (sulfide) groups is 1. The molecule has 1 heterocycles. The minimum Gasteiger partial charge on any atom is -0.352 e. The molecule has 1 fully saturated rings. The van der Waals surface area contributed by atoms with E-state index in [2.05, 4.69) is 27.8 Å². The lowest BCUT2D eigenvalue weighted by molar-refractivity contribution is -0.119. The molecule has 1 aliphatic carbocycles. The largest absolute Gasteiger partial charge is 0.352 e. The maximum atomic E-state index is 12.0. The molecule has 2 rings (SSSR count). The second-order valence-electron chi connectivity index (χ2n) is 5.72. The summed E-state index contributed by atoms with van der Waals surface area (Å²) in [6, 6.07) is 0.534. The lowest BCUT2D eigenvalue weighted by Gasteiger charge is -2.29. The summed E-state index contributed by atoms with van der Waals surface area (Å²) in [5, 5.41) is 15.4. The number of carbonyl (C=O) groups is 1. The topological polar surface area (TPSA) is 72.7 Å². The Kier molecular flexibility index (Phi) is 5.39. The Hall–Kier alpha value is -1.11. The number of rotatable bonds is 5. The highest BCUT2D eigenvalue weighted by molar-refractivity contribution is 7.99. The van der Waals surface area contributed by atoms with Gasteiger partial charge in [-0.3, -0.25) is 4.79 Å². The molecule has 0 aromatic carbocycles. The summed E-state index contributed by atoms with van der Waals surface area (Å²) < 4.78 is 1.74. The van der Waals surface area contributed by atoms with Gasteiger partial charge >= 0.3 is 0 Å². The van der Waals surface area contributed by atoms with Crippen LogP contribution in [0.25, 0.3) is 0 Å². The van der Waals surface area contributed by atoms with Crippen molar-refractivity contribution in [3.05, 3.63) is 0 Å². The maximum Gasteiger partial charge on any atom is 0.230 e. The number of amides is 1. The number of nitrogens with one attached hydrogen (secondary N) is 1. The average molecular weight is 297 g/mol. The van der Waals surface area contributed by atoms with Crippen LogP contribution in [0.15, 0.2) is 5.16 Å². The number of nitrogens with zero attached hydrogens (tertiary/aromatic N) is 4. The summed E-state index contributed by atoms with van der Waals surface area (Å²) in [5.74, 6) is 1.03. The van der Waals surface area contributed by atoms with Crippen molar-refractivity contribution in [3.8, 4) is 0 Å². The zero-order chi connectivity index (χ0) is 14.5. The van der Waals surface area contributed by atoms with Gasteiger partial charge in [0.1, 0.15) is 0 Å². The van der Waals surface area contributed by atoms with E-state index < -0.39 is 0 Å². The minimum atomic E-state index is 0.0760. The van der Waals surface area contributed by atoms with Crippen LogP contribution in [0.5, 0.6) is 0 Å². The fourth-order valence-electron chi connectivity index (χ4n) is 2.51. The molecule has 0 radical (unpaired) electrons. The van der Waals surface area contributed by atoms with Crippen LogP contribution in [0.3, 0.4) is 0 Å². The van der Waals surface area contributed by atoms with Gasteiger partial charge < -0.3 is 5.32 Å². The Balaban J connectivity index is 1.81. The van der Waals surface area contributed by atoms with Crippen LogP contribution >= 0.6 is 11.8 Å². The van der Waals surface area contributed by atoms with Crippen LogP contribution in [0.4, 0.5) is 0 Å². The number of aromatic nitrogens is 4. The van der Waals surface area contributed by atoms with E-state index in [1.165, 1.54) is 31.0 Å². The number of tetrazole rings is 1. The van der Waals surface area contributed by atoms with Gasteiger partial charge in [-0.05, 0) is 43.0 Å². The lowest BCUT2D eigenvalue weighted by atomic mass is 9.86. The smallest absolute Gasteiger partial charge is 0.230 e. The van der Waals surface area contributed by atoms with Gasteiger partial charge in [0.2, 0.25) is 11.1 Å². The minimum absolute atomic E-state index is 0.0760. The zero-order valence-electron chi connectivity index (χ0n) is 12.4. The molecule has 0 aliphatic heterocycles. The van der Waals surface area contributed by atoms with Crippen LogP contribution in [0.2, 0.25) is 0 Å². The van der Waals surface area contributed by atoms with E-state index in [4.69, 9.17) is 0 Å². The molecule has 20 heavy (non-hydrogen) atoms. The fourth-order valence-corrected chi connectivity index (χ4v) is 3.33. The molecule has 0 saturated heterocycles. The molecule has 2 unspecified atom stereocenters. The highest BCUT2D eigenvalue weighted by Gasteiger charge is 2.23. The van der Waals surface area contributed by atoms with Crippen LogP contribution in [-0.2, 0) is 4.79 Å². The monoisotopic (exact) mass is 297 g/mol. The van der Waals surface area contributed by atoms with Crippen molar-refractivity contribution in [2.75, 3.05) is 5.75 Å². The van der Waals surface area contributed by atoms with Crippen molar-refractivity contribution in [1.82, 2.24) is 25.5 Å². The van der Waals surface area contributed by atoms with Crippen molar-refractivity contribution in [2.24, 2.45) is 5.92 Å². The van der Waals surface area contributed by atoms with E-state index in [1.54, 1.807) is 4.68 Å². The van der Waals surface area contributed by atoms with E-state index in [0.29, 0.717) is 22.9 Å². The van der Waals surface area contributed by atoms with Gasteiger partial charge in [-0.1, -0.05) is 31.5 Å².